The first-order valence-corrected chi connectivity index (χ1v) is 9.83. The lowest BCUT2D eigenvalue weighted by Gasteiger charge is -2.19. The summed E-state index contributed by atoms with van der Waals surface area (Å²) < 4.78 is 5.01. The summed E-state index contributed by atoms with van der Waals surface area (Å²) in [4.78, 5) is 26.5. The summed E-state index contributed by atoms with van der Waals surface area (Å²) in [5.41, 5.74) is 0.636. The lowest BCUT2D eigenvalue weighted by atomic mass is 10.0. The van der Waals surface area contributed by atoms with Crippen molar-refractivity contribution in [2.45, 2.75) is 25.9 Å². The molecule has 1 aromatic carbocycles. The molecule has 0 unspecified atom stereocenters. The second-order valence-corrected chi connectivity index (χ2v) is 7.13. The van der Waals surface area contributed by atoms with Crippen molar-refractivity contribution in [2.75, 3.05) is 6.61 Å². The molecule has 0 radical (unpaired) electrons. The Hall–Kier alpha value is -2.78. The molecule has 0 bridgehead atoms. The summed E-state index contributed by atoms with van der Waals surface area (Å²) in [6.07, 6.45) is -0.0332. The van der Waals surface area contributed by atoms with E-state index in [0.29, 0.717) is 16.4 Å². The van der Waals surface area contributed by atoms with E-state index >= 15 is 0 Å². The van der Waals surface area contributed by atoms with E-state index in [2.05, 4.69) is 20.7 Å². The SMILES string of the molecule is CCOC(=O)C[C@H](NC(=O)Cn1nnc(-c2cccs2)n1)c1ccccc1Cl. The Balaban J connectivity index is 1.70. The number of ether oxygens (including phenoxy) is 1. The number of thiophene rings is 1. The number of nitrogens with zero attached hydrogens (tertiary/aromatic N) is 4. The average Bonchev–Trinajstić information content (AvgIpc) is 3.33. The molecule has 0 saturated heterocycles. The van der Waals surface area contributed by atoms with E-state index in [9.17, 15) is 9.59 Å². The predicted molar refractivity (Wildman–Crippen MR) is 105 cm³/mol. The first-order chi connectivity index (χ1) is 13.6. The maximum atomic E-state index is 12.5. The zero-order chi connectivity index (χ0) is 19.9. The molecule has 0 fully saturated rings. The molecule has 28 heavy (non-hydrogen) atoms. The van der Waals surface area contributed by atoms with Crippen molar-refractivity contribution in [1.29, 1.82) is 0 Å². The lowest BCUT2D eigenvalue weighted by molar-refractivity contribution is -0.143. The minimum absolute atomic E-state index is 0.0332. The van der Waals surface area contributed by atoms with Gasteiger partial charge in [0.1, 0.15) is 6.54 Å². The Bertz CT molecular complexity index is 944. The van der Waals surface area contributed by atoms with Crippen LogP contribution in [0.5, 0.6) is 0 Å². The highest BCUT2D eigenvalue weighted by Gasteiger charge is 2.22. The topological polar surface area (TPSA) is 99.0 Å². The maximum absolute atomic E-state index is 12.5. The molecule has 3 aromatic rings. The van der Waals surface area contributed by atoms with Gasteiger partial charge in [0.15, 0.2) is 0 Å². The highest BCUT2D eigenvalue weighted by molar-refractivity contribution is 7.13. The number of nitrogens with one attached hydrogen (secondary N) is 1. The molecule has 0 aliphatic heterocycles. The minimum atomic E-state index is -0.625. The summed E-state index contributed by atoms with van der Waals surface area (Å²) in [5.74, 6) is -0.340. The smallest absolute Gasteiger partial charge is 0.308 e. The van der Waals surface area contributed by atoms with Gasteiger partial charge in [-0.1, -0.05) is 35.9 Å². The van der Waals surface area contributed by atoms with E-state index in [4.69, 9.17) is 16.3 Å². The Morgan fingerprint density at radius 3 is 2.82 bits per heavy atom. The zero-order valence-corrected chi connectivity index (χ0v) is 16.6. The molecule has 0 aliphatic carbocycles. The number of hydrogen-bond acceptors (Lipinski definition) is 7. The molecule has 1 N–H and O–H groups in total. The fraction of sp³-hybridized carbons (Fsp3) is 0.278. The van der Waals surface area contributed by atoms with Crippen LogP contribution >= 0.6 is 22.9 Å². The first-order valence-electron chi connectivity index (χ1n) is 8.58. The standard InChI is InChI=1S/C18H18ClN5O3S/c1-2-27-17(26)10-14(12-6-3-4-7-13(12)19)20-16(25)11-24-22-18(21-23-24)15-8-5-9-28-15/h3-9,14H,2,10-11H2,1H3,(H,20,25)/t14-/m0/s1. The number of benzene rings is 1. The fourth-order valence-corrected chi connectivity index (χ4v) is 3.48. The van der Waals surface area contributed by atoms with Crippen LogP contribution in [-0.2, 0) is 20.9 Å². The number of aromatic nitrogens is 4. The number of halogens is 1. The molecule has 0 spiro atoms. The van der Waals surface area contributed by atoms with Crippen LogP contribution in [0.2, 0.25) is 5.02 Å². The van der Waals surface area contributed by atoms with Gasteiger partial charge in [-0.2, -0.15) is 4.80 Å². The van der Waals surface area contributed by atoms with Crippen LogP contribution in [0, 0.1) is 0 Å². The van der Waals surface area contributed by atoms with E-state index in [0.717, 1.165) is 4.88 Å². The number of hydrogen-bond donors (Lipinski definition) is 1. The van der Waals surface area contributed by atoms with E-state index < -0.39 is 12.0 Å². The minimum Gasteiger partial charge on any atom is -0.466 e. The molecule has 1 atom stereocenters. The van der Waals surface area contributed by atoms with Gasteiger partial charge in [-0.05, 0) is 35.2 Å². The molecule has 8 nitrogen and oxygen atoms in total. The number of tetrazole rings is 1. The van der Waals surface area contributed by atoms with Gasteiger partial charge in [-0.25, -0.2) is 0 Å². The van der Waals surface area contributed by atoms with Gasteiger partial charge in [-0.15, -0.1) is 21.5 Å². The van der Waals surface area contributed by atoms with E-state index in [1.807, 2.05) is 17.5 Å². The van der Waals surface area contributed by atoms with Gasteiger partial charge in [0.25, 0.3) is 0 Å². The van der Waals surface area contributed by atoms with Gasteiger partial charge >= 0.3 is 5.97 Å². The molecule has 2 aromatic heterocycles. The molecule has 3 rings (SSSR count). The van der Waals surface area contributed by atoms with Crippen molar-refractivity contribution < 1.29 is 14.3 Å². The van der Waals surface area contributed by atoms with Crippen molar-refractivity contribution in [2.24, 2.45) is 0 Å². The van der Waals surface area contributed by atoms with Crippen LogP contribution in [0.3, 0.4) is 0 Å². The monoisotopic (exact) mass is 419 g/mol. The van der Waals surface area contributed by atoms with Crippen molar-refractivity contribution in [1.82, 2.24) is 25.5 Å². The Kier molecular flexibility index (Phi) is 6.72. The van der Waals surface area contributed by atoms with Crippen molar-refractivity contribution >= 4 is 34.8 Å². The van der Waals surface area contributed by atoms with Crippen molar-refractivity contribution in [3.63, 3.8) is 0 Å². The number of rotatable bonds is 8. The molecule has 10 heteroatoms. The quantitative estimate of drug-likeness (QED) is 0.563. The van der Waals surface area contributed by atoms with Crippen LogP contribution in [0.25, 0.3) is 10.7 Å². The van der Waals surface area contributed by atoms with Crippen LogP contribution < -0.4 is 5.32 Å². The van der Waals surface area contributed by atoms with Gasteiger partial charge in [-0.3, -0.25) is 9.59 Å². The second kappa shape index (κ2) is 9.43. The van der Waals surface area contributed by atoms with Crippen LogP contribution in [0.1, 0.15) is 24.9 Å². The van der Waals surface area contributed by atoms with E-state index in [1.54, 1.807) is 31.2 Å². The molecule has 2 heterocycles. The summed E-state index contributed by atoms with van der Waals surface area (Å²) in [6, 6.07) is 10.2. The van der Waals surface area contributed by atoms with Gasteiger partial charge < -0.3 is 10.1 Å². The second-order valence-electron chi connectivity index (χ2n) is 5.77. The third-order valence-electron chi connectivity index (χ3n) is 3.77. The molecule has 146 valence electrons. The molecule has 1 amide bonds. The van der Waals surface area contributed by atoms with E-state index in [1.165, 1.54) is 16.1 Å². The fourth-order valence-electron chi connectivity index (χ4n) is 2.57. The Labute approximate surface area is 170 Å². The Morgan fingerprint density at radius 2 is 2.11 bits per heavy atom. The highest BCUT2D eigenvalue weighted by atomic mass is 35.5. The summed E-state index contributed by atoms with van der Waals surface area (Å²) in [5, 5.41) is 17.2. The van der Waals surface area contributed by atoms with Crippen molar-refractivity contribution in [3.8, 4) is 10.7 Å². The van der Waals surface area contributed by atoms with Gasteiger partial charge in [0.05, 0.1) is 23.9 Å². The van der Waals surface area contributed by atoms with Crippen LogP contribution in [0.4, 0.5) is 0 Å². The van der Waals surface area contributed by atoms with Crippen LogP contribution in [0.15, 0.2) is 41.8 Å². The largest absolute Gasteiger partial charge is 0.466 e. The average molecular weight is 420 g/mol. The van der Waals surface area contributed by atoms with Crippen LogP contribution in [-0.4, -0.2) is 38.7 Å². The molecule has 0 saturated carbocycles. The number of carbonyl (C=O) groups excluding carboxylic acids is 2. The number of esters is 1. The summed E-state index contributed by atoms with van der Waals surface area (Å²) >= 11 is 7.73. The molecular formula is C18H18ClN5O3S. The molecular weight excluding hydrogens is 402 g/mol. The third-order valence-corrected chi connectivity index (χ3v) is 4.98. The summed E-state index contributed by atoms with van der Waals surface area (Å²) in [7, 11) is 0. The third kappa shape index (κ3) is 5.14. The lowest BCUT2D eigenvalue weighted by Crippen LogP contribution is -2.34. The predicted octanol–water partition coefficient (Wildman–Crippen LogP) is 2.87. The number of amides is 1. The van der Waals surface area contributed by atoms with E-state index in [-0.39, 0.29) is 25.5 Å². The Morgan fingerprint density at radius 1 is 1.29 bits per heavy atom. The van der Waals surface area contributed by atoms with Crippen molar-refractivity contribution in [3.05, 3.63) is 52.4 Å². The number of carbonyl (C=O) groups is 2. The normalized spacial score (nSPS) is 11.8. The highest BCUT2D eigenvalue weighted by Crippen LogP contribution is 2.25. The maximum Gasteiger partial charge on any atom is 0.308 e. The first kappa shape index (κ1) is 20.0. The molecule has 0 aliphatic rings. The summed E-state index contributed by atoms with van der Waals surface area (Å²) in [6.45, 7) is 1.85. The van der Waals surface area contributed by atoms with Gasteiger partial charge in [0.2, 0.25) is 11.7 Å². The van der Waals surface area contributed by atoms with Gasteiger partial charge in [0, 0.05) is 5.02 Å². The zero-order valence-electron chi connectivity index (χ0n) is 15.0.